The van der Waals surface area contributed by atoms with E-state index in [1.807, 2.05) is 36.5 Å². The van der Waals surface area contributed by atoms with Crippen LogP contribution in [0.25, 0.3) is 5.69 Å². The zero-order chi connectivity index (χ0) is 24.5. The van der Waals surface area contributed by atoms with Gasteiger partial charge in [0.15, 0.2) is 5.11 Å². The number of thiocarbonyl (C=S) groups is 1. The molecule has 2 aliphatic heterocycles. The summed E-state index contributed by atoms with van der Waals surface area (Å²) in [5, 5.41) is 5.41. The predicted molar refractivity (Wildman–Crippen MR) is 145 cm³/mol. The van der Waals surface area contributed by atoms with Crippen molar-refractivity contribution in [3.8, 4) is 5.69 Å². The van der Waals surface area contributed by atoms with Gasteiger partial charge in [-0.3, -0.25) is 9.88 Å². The second kappa shape index (κ2) is 10.4. The van der Waals surface area contributed by atoms with E-state index in [4.69, 9.17) is 40.2 Å². The Morgan fingerprint density at radius 2 is 1.89 bits per heavy atom. The molecule has 6 nitrogen and oxygen atoms in total. The molecule has 0 saturated carbocycles. The van der Waals surface area contributed by atoms with Gasteiger partial charge in [-0.1, -0.05) is 35.3 Å². The average molecular weight is 531 g/mol. The summed E-state index contributed by atoms with van der Waals surface area (Å²) in [5.74, 6) is 0. The molecule has 1 aromatic carbocycles. The standard InChI is InChI=1S/C26H29Cl2N5OS/c1-17-16-19(18(2)33(17)22-8-5-6-20(27)23(22)28)25-24(21-7-3-4-9-29-21)30-26(35)32(25)11-10-31-12-14-34-15-13-31/h3-9,16,24-25H,10-15H2,1-2H3,(H,30,35)/t24-,25-/m0/s1. The van der Waals surface area contributed by atoms with Crippen molar-refractivity contribution >= 4 is 40.5 Å². The molecule has 9 heteroatoms. The van der Waals surface area contributed by atoms with E-state index in [0.717, 1.165) is 67.3 Å². The minimum absolute atomic E-state index is 0.00338. The van der Waals surface area contributed by atoms with Crippen LogP contribution in [0.15, 0.2) is 48.7 Å². The van der Waals surface area contributed by atoms with Gasteiger partial charge in [0.05, 0.1) is 46.7 Å². The highest BCUT2D eigenvalue weighted by atomic mass is 35.5. The fraction of sp³-hybridized carbons (Fsp3) is 0.385. The first-order valence-electron chi connectivity index (χ1n) is 11.9. The maximum Gasteiger partial charge on any atom is 0.170 e. The van der Waals surface area contributed by atoms with Crippen LogP contribution in [-0.2, 0) is 4.74 Å². The predicted octanol–water partition coefficient (Wildman–Crippen LogP) is 5.10. The number of aryl methyl sites for hydroxylation is 1. The third-order valence-electron chi connectivity index (χ3n) is 6.92. The smallest absolute Gasteiger partial charge is 0.170 e. The van der Waals surface area contributed by atoms with Gasteiger partial charge in [-0.2, -0.15) is 0 Å². The Balaban J connectivity index is 1.55. The average Bonchev–Trinajstić information content (AvgIpc) is 3.35. The molecular formula is C26H29Cl2N5OS. The van der Waals surface area contributed by atoms with Gasteiger partial charge in [0, 0.05) is 43.8 Å². The van der Waals surface area contributed by atoms with Gasteiger partial charge in [-0.25, -0.2) is 0 Å². The summed E-state index contributed by atoms with van der Waals surface area (Å²) in [5.41, 5.74) is 5.25. The highest BCUT2D eigenvalue weighted by Crippen LogP contribution is 2.42. The van der Waals surface area contributed by atoms with Crippen molar-refractivity contribution in [1.29, 1.82) is 0 Å². The normalized spacial score (nSPS) is 20.9. The number of nitrogens with zero attached hydrogens (tertiary/aromatic N) is 4. The molecule has 0 radical (unpaired) electrons. The minimum atomic E-state index is -0.0582. The molecule has 2 aromatic heterocycles. The summed E-state index contributed by atoms with van der Waals surface area (Å²) in [6, 6.07) is 13.9. The monoisotopic (exact) mass is 529 g/mol. The fourth-order valence-electron chi connectivity index (χ4n) is 5.18. The third-order valence-corrected chi connectivity index (χ3v) is 8.08. The van der Waals surface area contributed by atoms with Crippen LogP contribution in [-0.4, -0.2) is 63.9 Å². The number of pyridine rings is 1. The Morgan fingerprint density at radius 1 is 1.09 bits per heavy atom. The molecule has 0 bridgehead atoms. The molecule has 2 atom stereocenters. The number of rotatable bonds is 6. The molecule has 2 saturated heterocycles. The SMILES string of the molecule is Cc1cc([C@H]2[C@H](c3ccccn3)NC(=S)N2CCN2CCOCC2)c(C)n1-c1cccc(Cl)c1Cl. The van der Waals surface area contributed by atoms with Gasteiger partial charge in [0.2, 0.25) is 0 Å². The van der Waals surface area contributed by atoms with Crippen LogP contribution in [0, 0.1) is 13.8 Å². The van der Waals surface area contributed by atoms with Gasteiger partial charge in [0.1, 0.15) is 0 Å². The van der Waals surface area contributed by atoms with Gasteiger partial charge in [0.25, 0.3) is 0 Å². The largest absolute Gasteiger partial charge is 0.379 e. The van der Waals surface area contributed by atoms with Crippen LogP contribution >= 0.6 is 35.4 Å². The maximum atomic E-state index is 6.63. The van der Waals surface area contributed by atoms with Crippen LogP contribution in [0.4, 0.5) is 0 Å². The van der Waals surface area contributed by atoms with Crippen molar-refractivity contribution in [2.75, 3.05) is 39.4 Å². The Kier molecular flexibility index (Phi) is 7.32. The van der Waals surface area contributed by atoms with E-state index in [1.165, 1.54) is 5.56 Å². The number of hydrogen-bond acceptors (Lipinski definition) is 4. The topological polar surface area (TPSA) is 45.6 Å². The highest BCUT2D eigenvalue weighted by Gasteiger charge is 2.41. The molecule has 35 heavy (non-hydrogen) atoms. The number of aromatic nitrogens is 2. The molecule has 2 fully saturated rings. The molecule has 0 spiro atoms. The summed E-state index contributed by atoms with van der Waals surface area (Å²) in [4.78, 5) is 9.43. The zero-order valence-electron chi connectivity index (χ0n) is 19.9. The van der Waals surface area contributed by atoms with E-state index in [1.54, 1.807) is 0 Å². The molecule has 184 valence electrons. The lowest BCUT2D eigenvalue weighted by atomic mass is 9.96. The summed E-state index contributed by atoms with van der Waals surface area (Å²) >= 11 is 18.9. The van der Waals surface area contributed by atoms with E-state index in [9.17, 15) is 0 Å². The molecule has 5 rings (SSSR count). The molecule has 3 aromatic rings. The highest BCUT2D eigenvalue weighted by molar-refractivity contribution is 7.80. The van der Waals surface area contributed by atoms with Crippen molar-refractivity contribution in [3.63, 3.8) is 0 Å². The lowest BCUT2D eigenvalue weighted by molar-refractivity contribution is 0.0350. The molecule has 4 heterocycles. The number of ether oxygens (including phenoxy) is 1. The lowest BCUT2D eigenvalue weighted by Gasteiger charge is -2.32. The van der Waals surface area contributed by atoms with Crippen LogP contribution < -0.4 is 5.32 Å². The Bertz CT molecular complexity index is 1210. The maximum absolute atomic E-state index is 6.63. The molecule has 0 unspecified atom stereocenters. The summed E-state index contributed by atoms with van der Waals surface area (Å²) in [6.45, 7) is 9.44. The molecule has 1 N–H and O–H groups in total. The number of benzene rings is 1. The van der Waals surface area contributed by atoms with Gasteiger partial charge >= 0.3 is 0 Å². The van der Waals surface area contributed by atoms with Crippen LogP contribution in [0.3, 0.4) is 0 Å². The van der Waals surface area contributed by atoms with Crippen molar-refractivity contribution < 1.29 is 4.74 Å². The zero-order valence-corrected chi connectivity index (χ0v) is 22.2. The van der Waals surface area contributed by atoms with Crippen LogP contribution in [0.1, 0.15) is 34.7 Å². The number of hydrogen-bond donors (Lipinski definition) is 1. The quantitative estimate of drug-likeness (QED) is 0.448. The van der Waals surface area contributed by atoms with Gasteiger partial charge < -0.3 is 19.5 Å². The molecular weight excluding hydrogens is 501 g/mol. The first-order chi connectivity index (χ1) is 17.0. The van der Waals surface area contributed by atoms with Gasteiger partial charge in [-0.05, 0) is 62.0 Å². The second-order valence-electron chi connectivity index (χ2n) is 9.01. The number of halogens is 2. The van der Waals surface area contributed by atoms with E-state index < -0.39 is 0 Å². The van der Waals surface area contributed by atoms with Crippen molar-refractivity contribution in [2.45, 2.75) is 25.9 Å². The van der Waals surface area contributed by atoms with E-state index in [-0.39, 0.29) is 12.1 Å². The van der Waals surface area contributed by atoms with E-state index >= 15 is 0 Å². The van der Waals surface area contributed by atoms with Crippen LogP contribution in [0.5, 0.6) is 0 Å². The van der Waals surface area contributed by atoms with Crippen molar-refractivity contribution in [2.24, 2.45) is 0 Å². The first-order valence-corrected chi connectivity index (χ1v) is 13.0. The van der Waals surface area contributed by atoms with E-state index in [0.29, 0.717) is 10.0 Å². The molecule has 0 amide bonds. The minimum Gasteiger partial charge on any atom is -0.379 e. The van der Waals surface area contributed by atoms with Gasteiger partial charge in [-0.15, -0.1) is 0 Å². The lowest BCUT2D eigenvalue weighted by Crippen LogP contribution is -2.42. The van der Waals surface area contributed by atoms with Crippen molar-refractivity contribution in [1.82, 2.24) is 24.7 Å². The molecule has 2 aliphatic rings. The summed E-state index contributed by atoms with van der Waals surface area (Å²) in [7, 11) is 0. The number of nitrogens with one attached hydrogen (secondary N) is 1. The first kappa shape index (κ1) is 24.5. The van der Waals surface area contributed by atoms with E-state index in [2.05, 4.69) is 50.6 Å². The Morgan fingerprint density at radius 3 is 2.63 bits per heavy atom. The third kappa shape index (κ3) is 4.80. The summed E-state index contributed by atoms with van der Waals surface area (Å²) < 4.78 is 7.71. The summed E-state index contributed by atoms with van der Waals surface area (Å²) in [6.07, 6.45) is 1.84. The van der Waals surface area contributed by atoms with Crippen LogP contribution in [0.2, 0.25) is 10.0 Å². The number of morpholine rings is 1. The Hall–Kier alpha value is -2.16. The van der Waals surface area contributed by atoms with Crippen molar-refractivity contribution in [3.05, 3.63) is 81.4 Å². The fourth-order valence-corrected chi connectivity index (χ4v) is 5.89. The Labute approximate surface area is 221 Å². The second-order valence-corrected chi connectivity index (χ2v) is 10.2. The molecule has 0 aliphatic carbocycles.